The number of hydrogen-bond donors (Lipinski definition) is 3. The lowest BCUT2D eigenvalue weighted by Gasteiger charge is -2.12. The van der Waals surface area contributed by atoms with Gasteiger partial charge in [-0.05, 0) is 65.2 Å². The van der Waals surface area contributed by atoms with Crippen LogP contribution in [0.5, 0.6) is 0 Å². The highest BCUT2D eigenvalue weighted by molar-refractivity contribution is 5.97. The molecular formula is C31H50N4. The Kier molecular flexibility index (Phi) is 22.1. The third-order valence-corrected chi connectivity index (χ3v) is 5.13. The van der Waals surface area contributed by atoms with Crippen molar-refractivity contribution in [2.45, 2.75) is 72.1 Å². The highest BCUT2D eigenvalue weighted by atomic mass is 15.0. The van der Waals surface area contributed by atoms with Crippen molar-refractivity contribution in [3.8, 4) is 0 Å². The summed E-state index contributed by atoms with van der Waals surface area (Å²) in [7, 11) is 1.88. The number of unbranched alkanes of at least 4 members (excludes halogenated alkanes) is 1. The number of aliphatic imine (C=N–C) groups is 1. The lowest BCUT2D eigenvalue weighted by Crippen LogP contribution is -2.28. The third-order valence-electron chi connectivity index (χ3n) is 5.13. The molecule has 0 heterocycles. The molecule has 35 heavy (non-hydrogen) atoms. The maximum absolute atomic E-state index is 4.39. The van der Waals surface area contributed by atoms with Gasteiger partial charge in [-0.25, -0.2) is 0 Å². The molecule has 0 spiro atoms. The second kappa shape index (κ2) is 24.1. The maximum Gasteiger partial charge on any atom is 0.0598 e. The molecule has 0 fully saturated rings. The van der Waals surface area contributed by atoms with E-state index in [1.807, 2.05) is 20.9 Å². The fraction of sp³-hybridized carbons (Fsp3) is 0.452. The van der Waals surface area contributed by atoms with Crippen LogP contribution < -0.4 is 16.0 Å². The van der Waals surface area contributed by atoms with E-state index in [-0.39, 0.29) is 0 Å². The molecule has 0 aromatic carbocycles. The number of nitrogens with zero attached hydrogens (tertiary/aromatic N) is 1. The van der Waals surface area contributed by atoms with E-state index in [1.165, 1.54) is 0 Å². The first-order chi connectivity index (χ1) is 17.0. The van der Waals surface area contributed by atoms with E-state index in [0.29, 0.717) is 0 Å². The predicted octanol–water partition coefficient (Wildman–Crippen LogP) is 7.66. The van der Waals surface area contributed by atoms with Gasteiger partial charge in [-0.15, -0.1) is 0 Å². The monoisotopic (exact) mass is 478 g/mol. The van der Waals surface area contributed by atoms with Crippen LogP contribution in [0, 0.1) is 0 Å². The Morgan fingerprint density at radius 3 is 1.80 bits per heavy atom. The van der Waals surface area contributed by atoms with Crippen LogP contribution in [-0.2, 0) is 0 Å². The van der Waals surface area contributed by atoms with Crippen molar-refractivity contribution >= 4 is 5.71 Å². The van der Waals surface area contributed by atoms with Crippen LogP contribution in [0.2, 0.25) is 0 Å². The van der Waals surface area contributed by atoms with Crippen molar-refractivity contribution in [1.29, 1.82) is 0 Å². The first-order valence-electron chi connectivity index (χ1n) is 13.0. The second-order valence-corrected chi connectivity index (χ2v) is 8.31. The average molecular weight is 479 g/mol. The molecule has 0 aliphatic rings. The highest BCUT2D eigenvalue weighted by Gasteiger charge is 1.98. The summed E-state index contributed by atoms with van der Waals surface area (Å²) >= 11 is 0. The third kappa shape index (κ3) is 22.5. The molecule has 0 saturated heterocycles. The summed E-state index contributed by atoms with van der Waals surface area (Å²) < 4.78 is 0. The van der Waals surface area contributed by atoms with Crippen LogP contribution >= 0.6 is 0 Å². The predicted molar refractivity (Wildman–Crippen MR) is 159 cm³/mol. The lowest BCUT2D eigenvalue weighted by atomic mass is 10.2. The van der Waals surface area contributed by atoms with E-state index in [2.05, 4.69) is 102 Å². The highest BCUT2D eigenvalue weighted by Crippen LogP contribution is 2.04. The van der Waals surface area contributed by atoms with Gasteiger partial charge in [0, 0.05) is 43.4 Å². The minimum Gasteiger partial charge on any atom is -0.390 e. The number of nitrogens with one attached hydrogen (secondary N) is 3. The first kappa shape index (κ1) is 32.0. The van der Waals surface area contributed by atoms with Crippen molar-refractivity contribution in [2.75, 3.05) is 20.1 Å². The van der Waals surface area contributed by atoms with Gasteiger partial charge in [-0.2, -0.15) is 0 Å². The van der Waals surface area contributed by atoms with Gasteiger partial charge >= 0.3 is 0 Å². The Labute approximate surface area is 216 Å². The summed E-state index contributed by atoms with van der Waals surface area (Å²) in [4.78, 5) is 4.39. The van der Waals surface area contributed by atoms with Gasteiger partial charge in [0.25, 0.3) is 0 Å². The Balaban J connectivity index is 3.73. The quantitative estimate of drug-likeness (QED) is 0.0901. The van der Waals surface area contributed by atoms with E-state index < -0.39 is 0 Å². The zero-order valence-electron chi connectivity index (χ0n) is 22.8. The van der Waals surface area contributed by atoms with Crippen LogP contribution in [0.3, 0.4) is 0 Å². The Morgan fingerprint density at radius 1 is 0.743 bits per heavy atom. The molecular weight excluding hydrogens is 428 g/mol. The van der Waals surface area contributed by atoms with Gasteiger partial charge in [-0.3, -0.25) is 4.99 Å². The van der Waals surface area contributed by atoms with E-state index in [1.54, 1.807) is 6.20 Å². The maximum atomic E-state index is 4.39. The van der Waals surface area contributed by atoms with Crippen LogP contribution in [0.1, 0.15) is 72.1 Å². The second-order valence-electron chi connectivity index (χ2n) is 8.31. The topological polar surface area (TPSA) is 48.5 Å². The fourth-order valence-electron chi connectivity index (χ4n) is 2.81. The molecule has 0 radical (unpaired) electrons. The molecule has 0 saturated carbocycles. The minimum atomic E-state index is 0.786. The van der Waals surface area contributed by atoms with Gasteiger partial charge in [-0.1, -0.05) is 80.8 Å². The zero-order chi connectivity index (χ0) is 26.0. The molecule has 0 bridgehead atoms. The van der Waals surface area contributed by atoms with Crippen molar-refractivity contribution in [1.82, 2.24) is 16.0 Å². The molecule has 0 aliphatic heterocycles. The molecule has 0 rings (SSSR count). The van der Waals surface area contributed by atoms with Crippen LogP contribution in [-0.4, -0.2) is 25.8 Å². The largest absolute Gasteiger partial charge is 0.390 e. The van der Waals surface area contributed by atoms with Crippen molar-refractivity contribution in [3.63, 3.8) is 0 Å². The van der Waals surface area contributed by atoms with Crippen molar-refractivity contribution in [3.05, 3.63) is 97.2 Å². The van der Waals surface area contributed by atoms with E-state index in [0.717, 1.165) is 87.3 Å². The normalized spacial score (nSPS) is 13.1. The number of hydrogen-bond acceptors (Lipinski definition) is 4. The summed E-state index contributed by atoms with van der Waals surface area (Å²) in [5, 5.41) is 9.73. The molecule has 0 atom stereocenters. The Morgan fingerprint density at radius 2 is 1.26 bits per heavy atom. The molecule has 4 nitrogen and oxygen atoms in total. The van der Waals surface area contributed by atoms with Crippen LogP contribution in [0.4, 0.5) is 0 Å². The summed E-state index contributed by atoms with van der Waals surface area (Å²) in [6.45, 7) is 15.9. The van der Waals surface area contributed by atoms with E-state index in [4.69, 9.17) is 0 Å². The lowest BCUT2D eigenvalue weighted by molar-refractivity contribution is 0.687. The van der Waals surface area contributed by atoms with E-state index in [9.17, 15) is 0 Å². The first-order valence-corrected chi connectivity index (χ1v) is 13.0. The summed E-state index contributed by atoms with van der Waals surface area (Å²) in [6.07, 6.45) is 32.5. The fourth-order valence-corrected chi connectivity index (χ4v) is 2.81. The molecule has 0 aromatic rings. The average Bonchev–Trinajstić information content (AvgIpc) is 2.86. The molecule has 194 valence electrons. The number of allylic oxidation sites excluding steroid dienone is 13. The Bertz CT molecular complexity index is 776. The van der Waals surface area contributed by atoms with Crippen LogP contribution in [0.25, 0.3) is 0 Å². The smallest absolute Gasteiger partial charge is 0.0598 e. The summed E-state index contributed by atoms with van der Waals surface area (Å²) in [6, 6.07) is 0. The zero-order valence-corrected chi connectivity index (χ0v) is 22.8. The molecule has 4 heteroatoms. The van der Waals surface area contributed by atoms with Gasteiger partial charge in [0.1, 0.15) is 0 Å². The summed E-state index contributed by atoms with van der Waals surface area (Å²) in [5.41, 5.74) is 3.83. The molecule has 0 unspecified atom stereocenters. The van der Waals surface area contributed by atoms with Gasteiger partial charge in [0.2, 0.25) is 0 Å². The molecule has 0 aromatic heterocycles. The SMILES string of the molecule is C=C(CCC/C=C\C/C=C\C/C=C\C/C=C\C/C=C\CC)NCCNC(=C)C(C)=N/C=C(/C)NC. The molecule has 3 N–H and O–H groups in total. The Hall–Kier alpha value is -3.01. The van der Waals surface area contributed by atoms with Gasteiger partial charge in [0.05, 0.1) is 5.71 Å². The number of rotatable bonds is 21. The van der Waals surface area contributed by atoms with Crippen LogP contribution in [0.15, 0.2) is 102 Å². The minimum absolute atomic E-state index is 0.786. The standard InChI is InChI=1S/C31H50N4/c1-7-8-9-10-11-12-13-14-15-16-17-18-19-20-21-22-23-24-28(2)33-25-26-34-30(4)31(5)35-27-29(3)32-6/h8-9,11-12,14-15,17-18,20-21,27,32-34H,2,4,7,10,13,16,19,22-26H2,1,3,5-6H3/b9-8-,12-11-,15-14-,18-17-,21-20-,29-27-,35-31?. The van der Waals surface area contributed by atoms with Crippen molar-refractivity contribution in [2.24, 2.45) is 4.99 Å². The summed E-state index contributed by atoms with van der Waals surface area (Å²) in [5.74, 6) is 0. The van der Waals surface area contributed by atoms with E-state index >= 15 is 0 Å². The van der Waals surface area contributed by atoms with Crippen molar-refractivity contribution < 1.29 is 0 Å². The van der Waals surface area contributed by atoms with Gasteiger partial charge in [0.15, 0.2) is 0 Å². The van der Waals surface area contributed by atoms with Gasteiger partial charge < -0.3 is 16.0 Å². The molecule has 0 aliphatic carbocycles. The molecule has 0 amide bonds.